The van der Waals surface area contributed by atoms with Crippen LogP contribution in [0.2, 0.25) is 5.02 Å². The molecular weight excluding hydrogens is 264 g/mol. The van der Waals surface area contributed by atoms with E-state index < -0.39 is 5.97 Å². The molecule has 98 valence electrons. The van der Waals surface area contributed by atoms with Crippen LogP contribution in [0.1, 0.15) is 21.6 Å². The number of aromatic nitrogens is 1. The van der Waals surface area contributed by atoms with Crippen LogP contribution in [0, 0.1) is 13.8 Å². The van der Waals surface area contributed by atoms with Gasteiger partial charge >= 0.3 is 5.97 Å². The van der Waals surface area contributed by atoms with Crippen LogP contribution in [0.15, 0.2) is 30.5 Å². The van der Waals surface area contributed by atoms with Crippen LogP contribution in [-0.4, -0.2) is 16.1 Å². The fourth-order valence-corrected chi connectivity index (χ4v) is 1.88. The van der Waals surface area contributed by atoms with Crippen molar-refractivity contribution in [3.8, 4) is 0 Å². The van der Waals surface area contributed by atoms with Crippen molar-refractivity contribution in [3.05, 3.63) is 52.3 Å². The van der Waals surface area contributed by atoms with Gasteiger partial charge in [0.2, 0.25) is 0 Å². The van der Waals surface area contributed by atoms with Gasteiger partial charge in [0.05, 0.1) is 16.4 Å². The van der Waals surface area contributed by atoms with Crippen LogP contribution < -0.4 is 5.32 Å². The molecule has 0 saturated carbocycles. The number of benzene rings is 1. The lowest BCUT2D eigenvalue weighted by molar-refractivity contribution is 0.0697. The van der Waals surface area contributed by atoms with Gasteiger partial charge in [-0.1, -0.05) is 17.7 Å². The monoisotopic (exact) mass is 276 g/mol. The van der Waals surface area contributed by atoms with E-state index in [2.05, 4.69) is 10.3 Å². The second kappa shape index (κ2) is 5.28. The smallest absolute Gasteiger partial charge is 0.339 e. The maximum absolute atomic E-state index is 11.2. The van der Waals surface area contributed by atoms with Crippen molar-refractivity contribution >= 4 is 28.9 Å². The summed E-state index contributed by atoms with van der Waals surface area (Å²) < 4.78 is 0. The van der Waals surface area contributed by atoms with Crippen molar-refractivity contribution in [2.75, 3.05) is 5.32 Å². The lowest BCUT2D eigenvalue weighted by Crippen LogP contribution is -2.04. The third kappa shape index (κ3) is 3.03. The number of carboxylic acids is 1. The summed E-state index contributed by atoms with van der Waals surface area (Å²) in [6.07, 6.45) is 1.34. The first-order valence-electron chi connectivity index (χ1n) is 5.70. The molecular formula is C14H13ClN2O2. The first-order chi connectivity index (χ1) is 8.97. The molecule has 1 heterocycles. The molecule has 0 fully saturated rings. The summed E-state index contributed by atoms with van der Waals surface area (Å²) in [5, 5.41) is 12.7. The van der Waals surface area contributed by atoms with Gasteiger partial charge in [-0.15, -0.1) is 0 Å². The highest BCUT2D eigenvalue weighted by atomic mass is 35.5. The van der Waals surface area contributed by atoms with E-state index >= 15 is 0 Å². The Labute approximate surface area is 116 Å². The highest BCUT2D eigenvalue weighted by Gasteiger charge is 2.12. The van der Waals surface area contributed by atoms with Crippen LogP contribution in [0.25, 0.3) is 0 Å². The number of carboxylic acid groups (broad SMARTS) is 1. The Hall–Kier alpha value is -2.07. The SMILES string of the molecule is Cc1ccc(Cl)c(Nc2cc(C)ncc2C(=O)O)c1. The molecule has 0 aliphatic heterocycles. The second-order valence-electron chi connectivity index (χ2n) is 4.28. The summed E-state index contributed by atoms with van der Waals surface area (Å²) in [6.45, 7) is 3.74. The lowest BCUT2D eigenvalue weighted by atomic mass is 10.1. The summed E-state index contributed by atoms with van der Waals surface area (Å²) in [4.78, 5) is 15.2. The van der Waals surface area contributed by atoms with Crippen molar-refractivity contribution in [3.63, 3.8) is 0 Å². The molecule has 0 amide bonds. The average molecular weight is 277 g/mol. The number of hydrogen-bond acceptors (Lipinski definition) is 3. The molecule has 0 bridgehead atoms. The third-order valence-electron chi connectivity index (χ3n) is 2.66. The molecule has 2 N–H and O–H groups in total. The molecule has 0 atom stereocenters. The number of aromatic carboxylic acids is 1. The molecule has 0 unspecified atom stereocenters. The van der Waals surface area contributed by atoms with Crippen molar-refractivity contribution in [2.45, 2.75) is 13.8 Å². The highest BCUT2D eigenvalue weighted by molar-refractivity contribution is 6.33. The standard InChI is InChI=1S/C14H13ClN2O2/c1-8-3-4-11(15)13(5-8)17-12-6-9(2)16-7-10(12)14(18)19/h3-7H,1-2H3,(H,16,17)(H,18,19). The predicted molar refractivity (Wildman–Crippen MR) is 75.4 cm³/mol. The van der Waals surface area contributed by atoms with Gasteiger partial charge in [-0.2, -0.15) is 0 Å². The minimum Gasteiger partial charge on any atom is -0.478 e. The predicted octanol–water partition coefficient (Wildman–Crippen LogP) is 3.79. The molecule has 0 radical (unpaired) electrons. The van der Waals surface area contributed by atoms with E-state index in [1.165, 1.54) is 6.20 Å². The number of anilines is 2. The Balaban J connectivity index is 2.45. The van der Waals surface area contributed by atoms with Gasteiger partial charge in [-0.3, -0.25) is 4.98 Å². The van der Waals surface area contributed by atoms with Gasteiger partial charge in [0.25, 0.3) is 0 Å². The number of hydrogen-bond donors (Lipinski definition) is 2. The van der Waals surface area contributed by atoms with E-state index in [1.807, 2.05) is 19.1 Å². The molecule has 0 aliphatic rings. The van der Waals surface area contributed by atoms with Crippen molar-refractivity contribution < 1.29 is 9.90 Å². The molecule has 2 aromatic rings. The van der Waals surface area contributed by atoms with Crippen LogP contribution in [0.5, 0.6) is 0 Å². The Bertz CT molecular complexity index is 641. The van der Waals surface area contributed by atoms with Crippen molar-refractivity contribution in [1.29, 1.82) is 0 Å². The lowest BCUT2D eigenvalue weighted by Gasteiger charge is -2.12. The Morgan fingerprint density at radius 1 is 1.26 bits per heavy atom. The normalized spacial score (nSPS) is 10.3. The van der Waals surface area contributed by atoms with Crippen LogP contribution in [0.4, 0.5) is 11.4 Å². The Morgan fingerprint density at radius 2 is 2.00 bits per heavy atom. The van der Waals surface area contributed by atoms with Crippen molar-refractivity contribution in [1.82, 2.24) is 4.98 Å². The molecule has 1 aromatic carbocycles. The molecule has 0 saturated heterocycles. The fourth-order valence-electron chi connectivity index (χ4n) is 1.71. The van der Waals surface area contributed by atoms with Gasteiger partial charge < -0.3 is 10.4 Å². The molecule has 0 aliphatic carbocycles. The number of aryl methyl sites for hydroxylation is 2. The van der Waals surface area contributed by atoms with Crippen LogP contribution in [-0.2, 0) is 0 Å². The van der Waals surface area contributed by atoms with Crippen molar-refractivity contribution in [2.24, 2.45) is 0 Å². The minimum absolute atomic E-state index is 0.114. The number of nitrogens with one attached hydrogen (secondary N) is 1. The van der Waals surface area contributed by atoms with E-state index in [4.69, 9.17) is 16.7 Å². The zero-order chi connectivity index (χ0) is 14.0. The number of rotatable bonds is 3. The summed E-state index contributed by atoms with van der Waals surface area (Å²) in [5.74, 6) is -1.03. The average Bonchev–Trinajstić information content (AvgIpc) is 2.33. The first-order valence-corrected chi connectivity index (χ1v) is 6.08. The minimum atomic E-state index is -1.03. The van der Waals surface area contributed by atoms with Gasteiger partial charge in [-0.05, 0) is 37.6 Å². The topological polar surface area (TPSA) is 62.2 Å². The molecule has 2 rings (SSSR count). The molecule has 1 aromatic heterocycles. The fraction of sp³-hybridized carbons (Fsp3) is 0.143. The van der Waals surface area contributed by atoms with Gasteiger partial charge in [-0.25, -0.2) is 4.79 Å². The van der Waals surface area contributed by atoms with Crippen LogP contribution >= 0.6 is 11.6 Å². The molecule has 0 spiro atoms. The van der Waals surface area contributed by atoms with E-state index in [-0.39, 0.29) is 5.56 Å². The Morgan fingerprint density at radius 3 is 2.68 bits per heavy atom. The quantitative estimate of drug-likeness (QED) is 0.895. The number of halogens is 1. The van der Waals surface area contributed by atoms with E-state index in [9.17, 15) is 4.79 Å². The summed E-state index contributed by atoms with van der Waals surface area (Å²) in [7, 11) is 0. The zero-order valence-electron chi connectivity index (χ0n) is 10.6. The second-order valence-corrected chi connectivity index (χ2v) is 4.69. The maximum Gasteiger partial charge on any atom is 0.339 e. The molecule has 5 heteroatoms. The van der Waals surface area contributed by atoms with E-state index in [0.717, 1.165) is 11.3 Å². The van der Waals surface area contributed by atoms with Gasteiger partial charge in [0, 0.05) is 11.9 Å². The summed E-state index contributed by atoms with van der Waals surface area (Å²) >= 11 is 6.09. The van der Waals surface area contributed by atoms with Gasteiger partial charge in [0.1, 0.15) is 5.56 Å². The van der Waals surface area contributed by atoms with Gasteiger partial charge in [0.15, 0.2) is 0 Å². The Kier molecular flexibility index (Phi) is 3.71. The zero-order valence-corrected chi connectivity index (χ0v) is 11.3. The van der Waals surface area contributed by atoms with Crippen LogP contribution in [0.3, 0.4) is 0 Å². The summed E-state index contributed by atoms with van der Waals surface area (Å²) in [6, 6.07) is 7.21. The number of carbonyl (C=O) groups is 1. The highest BCUT2D eigenvalue weighted by Crippen LogP contribution is 2.28. The molecule has 4 nitrogen and oxygen atoms in total. The number of pyridine rings is 1. The van der Waals surface area contributed by atoms with E-state index in [1.54, 1.807) is 19.1 Å². The number of nitrogens with zero attached hydrogens (tertiary/aromatic N) is 1. The molecule has 19 heavy (non-hydrogen) atoms. The largest absolute Gasteiger partial charge is 0.478 e. The van der Waals surface area contributed by atoms with E-state index in [0.29, 0.717) is 16.4 Å². The third-order valence-corrected chi connectivity index (χ3v) is 2.99. The first kappa shape index (κ1) is 13.4. The summed E-state index contributed by atoms with van der Waals surface area (Å²) in [5.41, 5.74) is 3.04. The maximum atomic E-state index is 11.2.